The van der Waals surface area contributed by atoms with E-state index in [0.717, 1.165) is 41.4 Å². The van der Waals surface area contributed by atoms with E-state index in [9.17, 15) is 4.79 Å². The maximum atomic E-state index is 12.4. The van der Waals surface area contributed by atoms with Crippen LogP contribution in [0.5, 0.6) is 0 Å². The van der Waals surface area contributed by atoms with E-state index in [2.05, 4.69) is 21.2 Å². The minimum Gasteiger partial charge on any atom is -0.329 e. The first-order valence-electron chi connectivity index (χ1n) is 6.35. The monoisotopic (exact) mass is 310 g/mol. The quantitative estimate of drug-likeness (QED) is 0.900. The van der Waals surface area contributed by atoms with Crippen LogP contribution in [-0.4, -0.2) is 12.5 Å². The summed E-state index contributed by atoms with van der Waals surface area (Å²) < 4.78 is 1.02. The number of carbonyl (C=O) groups excluding carboxylic acids is 1. The molecule has 1 amide bonds. The maximum absolute atomic E-state index is 12.4. The number of nitrogens with one attached hydrogen (secondary N) is 1. The van der Waals surface area contributed by atoms with Gasteiger partial charge in [0.05, 0.1) is 5.41 Å². The van der Waals surface area contributed by atoms with Crippen LogP contribution in [0.4, 0.5) is 5.69 Å². The molecule has 0 atom stereocenters. The fraction of sp³-hybridized carbons (Fsp3) is 0.500. The van der Waals surface area contributed by atoms with Crippen LogP contribution in [0.15, 0.2) is 22.7 Å². The molecule has 0 spiro atoms. The molecule has 0 heterocycles. The Morgan fingerprint density at radius 1 is 1.44 bits per heavy atom. The van der Waals surface area contributed by atoms with E-state index in [1.165, 1.54) is 0 Å². The number of carbonyl (C=O) groups is 1. The van der Waals surface area contributed by atoms with E-state index in [1.807, 2.05) is 25.1 Å². The fourth-order valence-corrected chi connectivity index (χ4v) is 3.07. The molecule has 1 saturated carbocycles. The van der Waals surface area contributed by atoms with Gasteiger partial charge in [-0.25, -0.2) is 0 Å². The van der Waals surface area contributed by atoms with Crippen molar-refractivity contribution < 1.29 is 4.79 Å². The van der Waals surface area contributed by atoms with Crippen molar-refractivity contribution in [3.05, 3.63) is 28.2 Å². The van der Waals surface area contributed by atoms with Crippen molar-refractivity contribution in [2.24, 2.45) is 11.1 Å². The van der Waals surface area contributed by atoms with Crippen LogP contribution in [0.2, 0.25) is 0 Å². The second-order valence-electron chi connectivity index (χ2n) is 5.10. The number of rotatable bonds is 3. The van der Waals surface area contributed by atoms with Crippen LogP contribution in [-0.2, 0) is 4.79 Å². The molecule has 3 nitrogen and oxygen atoms in total. The van der Waals surface area contributed by atoms with Gasteiger partial charge in [0.1, 0.15) is 0 Å². The molecule has 0 unspecified atom stereocenters. The van der Waals surface area contributed by atoms with E-state index in [1.54, 1.807) is 0 Å². The van der Waals surface area contributed by atoms with Crippen molar-refractivity contribution in [3.63, 3.8) is 0 Å². The van der Waals surface area contributed by atoms with Gasteiger partial charge < -0.3 is 11.1 Å². The molecule has 0 aromatic heterocycles. The highest BCUT2D eigenvalue weighted by atomic mass is 79.9. The summed E-state index contributed by atoms with van der Waals surface area (Å²) in [5.41, 5.74) is 7.41. The van der Waals surface area contributed by atoms with Gasteiger partial charge in [-0.15, -0.1) is 0 Å². The average Bonchev–Trinajstić information content (AvgIpc) is 2.82. The Balaban J connectivity index is 2.15. The second kappa shape index (κ2) is 5.41. The van der Waals surface area contributed by atoms with Gasteiger partial charge in [-0.3, -0.25) is 4.79 Å². The highest BCUT2D eigenvalue weighted by molar-refractivity contribution is 9.10. The smallest absolute Gasteiger partial charge is 0.231 e. The number of hydrogen-bond acceptors (Lipinski definition) is 2. The highest BCUT2D eigenvalue weighted by Crippen LogP contribution is 2.38. The van der Waals surface area contributed by atoms with Crippen LogP contribution in [0, 0.1) is 12.3 Å². The summed E-state index contributed by atoms with van der Waals surface area (Å²) in [5, 5.41) is 3.03. The van der Waals surface area contributed by atoms with Crippen LogP contribution >= 0.6 is 15.9 Å². The van der Waals surface area contributed by atoms with Gasteiger partial charge in [0.15, 0.2) is 0 Å². The SMILES string of the molecule is Cc1cc(Br)ccc1NC(=O)C1(CN)CCCC1. The molecule has 1 aliphatic rings. The Labute approximate surface area is 116 Å². The van der Waals surface area contributed by atoms with E-state index in [-0.39, 0.29) is 11.3 Å². The van der Waals surface area contributed by atoms with Crippen molar-refractivity contribution >= 4 is 27.5 Å². The van der Waals surface area contributed by atoms with E-state index >= 15 is 0 Å². The lowest BCUT2D eigenvalue weighted by atomic mass is 9.85. The van der Waals surface area contributed by atoms with Crippen LogP contribution in [0.25, 0.3) is 0 Å². The standard InChI is InChI=1S/C14H19BrN2O/c1-10-8-11(15)4-5-12(10)17-13(18)14(9-16)6-2-3-7-14/h4-5,8H,2-3,6-7,9,16H2,1H3,(H,17,18). The van der Waals surface area contributed by atoms with Crippen molar-refractivity contribution in [1.29, 1.82) is 0 Å². The molecule has 0 saturated heterocycles. The molecule has 2 rings (SSSR count). The van der Waals surface area contributed by atoms with Crippen LogP contribution in [0.1, 0.15) is 31.2 Å². The Kier molecular flexibility index (Phi) is 4.07. The summed E-state index contributed by atoms with van der Waals surface area (Å²) in [6, 6.07) is 5.86. The summed E-state index contributed by atoms with van der Waals surface area (Å²) in [6.45, 7) is 2.43. The lowest BCUT2D eigenvalue weighted by molar-refractivity contribution is -0.124. The normalized spacial score (nSPS) is 17.7. The summed E-state index contributed by atoms with van der Waals surface area (Å²) in [5.74, 6) is 0.0768. The first-order chi connectivity index (χ1) is 8.57. The van der Waals surface area contributed by atoms with Gasteiger partial charge in [-0.2, -0.15) is 0 Å². The molecule has 4 heteroatoms. The van der Waals surface area contributed by atoms with E-state index < -0.39 is 0 Å². The zero-order valence-corrected chi connectivity index (χ0v) is 12.2. The van der Waals surface area contributed by atoms with Crippen LogP contribution < -0.4 is 11.1 Å². The van der Waals surface area contributed by atoms with Gasteiger partial charge >= 0.3 is 0 Å². The summed E-state index contributed by atoms with van der Waals surface area (Å²) in [4.78, 5) is 12.4. The fourth-order valence-electron chi connectivity index (χ4n) is 2.60. The topological polar surface area (TPSA) is 55.1 Å². The molecule has 3 N–H and O–H groups in total. The summed E-state index contributed by atoms with van der Waals surface area (Å²) >= 11 is 3.42. The summed E-state index contributed by atoms with van der Waals surface area (Å²) in [6.07, 6.45) is 4.02. The Hall–Kier alpha value is -0.870. The third kappa shape index (κ3) is 2.59. The second-order valence-corrected chi connectivity index (χ2v) is 6.02. The van der Waals surface area contributed by atoms with Crippen molar-refractivity contribution in [1.82, 2.24) is 0 Å². The number of halogens is 1. The molecule has 1 fully saturated rings. The molecule has 0 radical (unpaired) electrons. The molecule has 0 aliphatic heterocycles. The molecular formula is C14H19BrN2O. The third-order valence-electron chi connectivity index (χ3n) is 3.87. The van der Waals surface area contributed by atoms with Gasteiger partial charge in [0.2, 0.25) is 5.91 Å². The number of benzene rings is 1. The molecule has 1 aromatic rings. The third-order valence-corrected chi connectivity index (χ3v) is 4.36. The van der Waals surface area contributed by atoms with Crippen LogP contribution in [0.3, 0.4) is 0 Å². The van der Waals surface area contributed by atoms with E-state index in [4.69, 9.17) is 5.73 Å². The minimum atomic E-state index is -0.348. The highest BCUT2D eigenvalue weighted by Gasteiger charge is 2.39. The van der Waals surface area contributed by atoms with Gasteiger partial charge in [0.25, 0.3) is 0 Å². The average molecular weight is 311 g/mol. The molecular weight excluding hydrogens is 292 g/mol. The maximum Gasteiger partial charge on any atom is 0.231 e. The Bertz CT molecular complexity index is 453. The van der Waals surface area contributed by atoms with Crippen molar-refractivity contribution in [2.75, 3.05) is 11.9 Å². The van der Waals surface area contributed by atoms with Gasteiger partial charge in [0, 0.05) is 16.7 Å². The molecule has 98 valence electrons. The first kappa shape index (κ1) is 13.6. The van der Waals surface area contributed by atoms with Gasteiger partial charge in [-0.1, -0.05) is 28.8 Å². The zero-order chi connectivity index (χ0) is 13.2. The predicted octanol–water partition coefficient (Wildman–Crippen LogP) is 3.22. The number of anilines is 1. The molecule has 1 aliphatic carbocycles. The summed E-state index contributed by atoms with van der Waals surface area (Å²) in [7, 11) is 0. The number of hydrogen-bond donors (Lipinski definition) is 2. The van der Waals surface area contributed by atoms with Gasteiger partial charge in [-0.05, 0) is 43.5 Å². The van der Waals surface area contributed by atoms with Crippen molar-refractivity contribution in [2.45, 2.75) is 32.6 Å². The number of nitrogens with two attached hydrogens (primary N) is 1. The molecule has 0 bridgehead atoms. The zero-order valence-electron chi connectivity index (χ0n) is 10.6. The number of aryl methyl sites for hydroxylation is 1. The predicted molar refractivity (Wildman–Crippen MR) is 77.5 cm³/mol. The lowest BCUT2D eigenvalue weighted by Gasteiger charge is -2.26. The largest absolute Gasteiger partial charge is 0.329 e. The van der Waals surface area contributed by atoms with Crippen molar-refractivity contribution in [3.8, 4) is 0 Å². The number of amides is 1. The Morgan fingerprint density at radius 2 is 2.11 bits per heavy atom. The molecule has 18 heavy (non-hydrogen) atoms. The molecule has 1 aromatic carbocycles. The first-order valence-corrected chi connectivity index (χ1v) is 7.14. The Morgan fingerprint density at radius 3 is 2.67 bits per heavy atom. The van der Waals surface area contributed by atoms with E-state index in [0.29, 0.717) is 6.54 Å². The minimum absolute atomic E-state index is 0.0768. The lowest BCUT2D eigenvalue weighted by Crippen LogP contribution is -2.40.